The average molecular weight is 1220 g/mol. The van der Waals surface area contributed by atoms with E-state index in [0.717, 1.165) is 82.8 Å². The second-order valence-electron chi connectivity index (χ2n) is 24.8. The van der Waals surface area contributed by atoms with Crippen LogP contribution in [0.5, 0.6) is 0 Å². The van der Waals surface area contributed by atoms with Gasteiger partial charge in [0.25, 0.3) is 11.4 Å². The Balaban J connectivity index is 0.873. The van der Waals surface area contributed by atoms with Gasteiger partial charge in [0, 0.05) is 127 Å². The number of likely N-dealkylation sites (N-methyl/N-ethyl adjacent to an activating group) is 2. The van der Waals surface area contributed by atoms with E-state index in [2.05, 4.69) is 214 Å². The summed E-state index contributed by atoms with van der Waals surface area (Å²) >= 11 is 7.63. The molecule has 10 nitrogen and oxygen atoms in total. The number of nitrogens with zero attached hydrogens (tertiary/aromatic N) is 6. The Morgan fingerprint density at radius 2 is 0.890 bits per heavy atom. The first-order chi connectivity index (χ1) is 39.4. The molecule has 0 unspecified atom stereocenters. The van der Waals surface area contributed by atoms with Crippen molar-refractivity contribution in [3.63, 3.8) is 0 Å². The fraction of sp³-hybridized carbons (Fsp3) is 0.314. The van der Waals surface area contributed by atoms with Crippen LogP contribution in [0, 0.1) is 20.2 Å². The van der Waals surface area contributed by atoms with Gasteiger partial charge >= 0.3 is 0 Å². The predicted molar refractivity (Wildman–Crippen MR) is 340 cm³/mol. The maximum Gasteiger partial charge on any atom is 0.269 e. The molecule has 0 amide bonds. The summed E-state index contributed by atoms with van der Waals surface area (Å²) in [6, 6.07) is 42.3. The van der Waals surface area contributed by atoms with Crippen LogP contribution in [0.4, 0.5) is 34.1 Å². The molecule has 414 valence electrons. The normalized spacial score (nSPS) is 20.2. The minimum atomic E-state index is -0.349. The molecular formula is C70H68Br2N6O4+2. The number of rotatable bonds is 10. The number of hydrogen-bond donors (Lipinski definition) is 0. The van der Waals surface area contributed by atoms with Gasteiger partial charge in [0.05, 0.1) is 20.7 Å². The van der Waals surface area contributed by atoms with Crippen LogP contribution in [-0.2, 0) is 34.7 Å². The fourth-order valence-electron chi connectivity index (χ4n) is 15.7. The number of nitro groups is 2. The summed E-state index contributed by atoms with van der Waals surface area (Å²) in [5.74, 6) is 0. The van der Waals surface area contributed by atoms with Crippen LogP contribution < -0.4 is 9.80 Å². The largest absolute Gasteiger partial charge is 0.347 e. The van der Waals surface area contributed by atoms with Gasteiger partial charge in [0.2, 0.25) is 11.4 Å². The smallest absolute Gasteiger partial charge is 0.269 e. The molecule has 0 N–H and O–H groups in total. The van der Waals surface area contributed by atoms with Crippen LogP contribution in [0.25, 0.3) is 21.5 Å². The number of fused-ring (bicyclic) bond motifs is 10. The molecule has 7 aromatic carbocycles. The number of halogens is 2. The molecule has 2 aliphatic carbocycles. The van der Waals surface area contributed by atoms with E-state index in [4.69, 9.17) is 0 Å². The zero-order valence-electron chi connectivity index (χ0n) is 47.6. The molecular weight excluding hydrogens is 1150 g/mol. The lowest BCUT2D eigenvalue weighted by molar-refractivity contribution is -0.455. The molecule has 2 spiro atoms. The van der Waals surface area contributed by atoms with Crippen molar-refractivity contribution in [2.45, 2.75) is 127 Å². The summed E-state index contributed by atoms with van der Waals surface area (Å²) in [6.07, 6.45) is 24.3. The molecule has 2 fully saturated rings. The highest BCUT2D eigenvalue weighted by Crippen LogP contribution is 2.57. The van der Waals surface area contributed by atoms with Crippen LogP contribution in [-0.4, -0.2) is 44.5 Å². The Morgan fingerprint density at radius 1 is 0.512 bits per heavy atom. The highest BCUT2D eigenvalue weighted by atomic mass is 79.9. The van der Waals surface area contributed by atoms with E-state index < -0.39 is 0 Å². The number of nitro benzene ring substituents is 2. The van der Waals surface area contributed by atoms with Crippen molar-refractivity contribution in [1.29, 1.82) is 0 Å². The highest BCUT2D eigenvalue weighted by Gasteiger charge is 2.51. The van der Waals surface area contributed by atoms with Crippen molar-refractivity contribution >= 4 is 99.0 Å². The molecule has 0 atom stereocenters. The van der Waals surface area contributed by atoms with Crippen LogP contribution >= 0.6 is 31.9 Å². The van der Waals surface area contributed by atoms with Gasteiger partial charge in [-0.3, -0.25) is 20.2 Å². The van der Waals surface area contributed by atoms with Crippen molar-refractivity contribution in [3.05, 3.63) is 232 Å². The Labute approximate surface area is 497 Å². The molecule has 4 aliphatic heterocycles. The van der Waals surface area contributed by atoms with Crippen molar-refractivity contribution in [2.24, 2.45) is 0 Å². The molecule has 0 saturated heterocycles. The summed E-state index contributed by atoms with van der Waals surface area (Å²) in [7, 11) is 4.24. The maximum atomic E-state index is 12.1. The van der Waals surface area contributed by atoms with E-state index in [9.17, 15) is 20.2 Å². The first-order valence-corrected chi connectivity index (χ1v) is 30.7. The lowest BCUT2D eigenvalue weighted by Gasteiger charge is -2.36. The van der Waals surface area contributed by atoms with Crippen molar-refractivity contribution in [2.75, 3.05) is 23.9 Å². The van der Waals surface area contributed by atoms with E-state index >= 15 is 0 Å². The molecule has 13 rings (SSSR count). The Morgan fingerprint density at radius 3 is 1.27 bits per heavy atom. The van der Waals surface area contributed by atoms with Gasteiger partial charge < -0.3 is 9.80 Å². The van der Waals surface area contributed by atoms with E-state index in [1.807, 2.05) is 24.3 Å². The Hall–Kier alpha value is -7.28. The zero-order valence-corrected chi connectivity index (χ0v) is 50.7. The molecule has 6 aliphatic rings. The standard InChI is InChI=1S/C70H68Br2N6O4/c1-67(2)61(15-13-17-63-69(35-9-7-10-36-69)55-41-51(77(79)80)29-33-57(55)73(63)5)75(59-31-25-47-23-27-49(71)39-53(47)65(59)67)43-45-19-21-46(22-20-45)44-76-60-32-26-48-24-28-50(72)40-54(48)66(60)68(3,4)62(76)16-14-18-64-70(37-11-8-12-38-70)56-42-52(78(81)82)30-34-58(56)74(64)6/h13-34,39-42H,7-12,35-38,43-44H2,1-6H3/q+2. The molecule has 12 heteroatoms. The van der Waals surface area contributed by atoms with Crippen molar-refractivity contribution in [3.8, 4) is 0 Å². The monoisotopic (exact) mass is 1210 g/mol. The van der Waals surface area contributed by atoms with E-state index in [0.29, 0.717) is 13.1 Å². The third-order valence-corrected chi connectivity index (χ3v) is 20.6. The molecule has 0 aromatic heterocycles. The van der Waals surface area contributed by atoms with Crippen LogP contribution in [0.2, 0.25) is 0 Å². The molecule has 4 heterocycles. The summed E-state index contributed by atoms with van der Waals surface area (Å²) in [4.78, 5) is 28.2. The van der Waals surface area contributed by atoms with E-state index in [1.54, 1.807) is 12.1 Å². The van der Waals surface area contributed by atoms with Gasteiger partial charge in [0.15, 0.2) is 24.5 Å². The summed E-state index contributed by atoms with van der Waals surface area (Å²) in [5, 5.41) is 29.0. The first-order valence-electron chi connectivity index (χ1n) is 29.1. The Kier molecular flexibility index (Phi) is 13.3. The van der Waals surface area contributed by atoms with Gasteiger partial charge in [-0.25, -0.2) is 0 Å². The van der Waals surface area contributed by atoms with Gasteiger partial charge in [-0.05, 0) is 147 Å². The predicted octanol–water partition coefficient (Wildman–Crippen LogP) is 18.1. The SMILES string of the molecule is CN1/C(=C/C=C/C2=[N+](Cc3ccc(C[N+]4=C(/C=C/C=C5/N(C)c6ccc([N+](=O)[O-])cc6C56CCCCC6)C(C)(C)c5c4ccc4ccc(Br)cc54)cc3)c3ccc4ccc(Br)cc4c3C2(C)C)C2(CCCCC2)c2cc([N+](=O)[O-])ccc21. The number of hydrogen-bond acceptors (Lipinski definition) is 6. The summed E-state index contributed by atoms with van der Waals surface area (Å²) < 4.78 is 7.13. The number of anilines is 2. The molecule has 0 bridgehead atoms. The number of benzene rings is 7. The minimum Gasteiger partial charge on any atom is -0.347 e. The van der Waals surface area contributed by atoms with Gasteiger partial charge in [-0.15, -0.1) is 0 Å². The first kappa shape index (κ1) is 54.0. The quantitative estimate of drug-likeness (QED) is 0.0769. The highest BCUT2D eigenvalue weighted by molar-refractivity contribution is 9.10. The third kappa shape index (κ3) is 8.59. The average Bonchev–Trinajstić information content (AvgIpc) is 2.60. The second-order valence-corrected chi connectivity index (χ2v) is 26.6. The fourth-order valence-corrected chi connectivity index (χ4v) is 16.5. The van der Waals surface area contributed by atoms with Crippen LogP contribution in [0.15, 0.2) is 178 Å². The van der Waals surface area contributed by atoms with Gasteiger partial charge in [0.1, 0.15) is 0 Å². The summed E-state index contributed by atoms with van der Waals surface area (Å²) in [5.41, 5.74) is 15.6. The van der Waals surface area contributed by atoms with Crippen molar-refractivity contribution < 1.29 is 19.0 Å². The zero-order chi connectivity index (χ0) is 57.0. The molecule has 2 saturated carbocycles. The topological polar surface area (TPSA) is 98.8 Å². The van der Waals surface area contributed by atoms with Crippen LogP contribution in [0.1, 0.15) is 125 Å². The Bertz CT molecular complexity index is 3810. The van der Waals surface area contributed by atoms with Crippen LogP contribution in [0.3, 0.4) is 0 Å². The summed E-state index contributed by atoms with van der Waals surface area (Å²) in [6.45, 7) is 10.8. The second kappa shape index (κ2) is 20.3. The van der Waals surface area contributed by atoms with Crippen molar-refractivity contribution in [1.82, 2.24) is 0 Å². The number of non-ortho nitro benzene ring substituents is 2. The van der Waals surface area contributed by atoms with Gasteiger partial charge in [-0.2, -0.15) is 9.15 Å². The minimum absolute atomic E-state index is 0.154. The maximum absolute atomic E-state index is 12.1. The lowest BCUT2D eigenvalue weighted by atomic mass is 9.68. The lowest BCUT2D eigenvalue weighted by Crippen LogP contribution is -2.32. The molecule has 82 heavy (non-hydrogen) atoms. The van der Waals surface area contributed by atoms with E-state index in [-0.39, 0.29) is 42.9 Å². The molecule has 7 aromatic rings. The van der Waals surface area contributed by atoms with E-state index in [1.165, 1.54) is 90.8 Å². The molecule has 0 radical (unpaired) electrons. The van der Waals surface area contributed by atoms with Gasteiger partial charge in [-0.1, -0.05) is 119 Å². The number of allylic oxidation sites excluding steroid dienone is 8. The third-order valence-electron chi connectivity index (χ3n) is 19.6.